The molecule has 5 heterocycles. The van der Waals surface area contributed by atoms with Crippen molar-refractivity contribution in [1.29, 1.82) is 0 Å². The molecule has 0 radical (unpaired) electrons. The summed E-state index contributed by atoms with van der Waals surface area (Å²) in [6.45, 7) is 39.9. The van der Waals surface area contributed by atoms with Gasteiger partial charge in [0.15, 0.2) is 0 Å². The minimum atomic E-state index is 0.523. The van der Waals surface area contributed by atoms with Gasteiger partial charge in [0.1, 0.15) is 28.7 Å². The third kappa shape index (κ3) is 43.8. The number of unbranched alkanes of at least 4 members (excludes halogenated alkanes) is 15. The Morgan fingerprint density at radius 1 is 0.176 bits per heavy atom. The molecule has 20 nitrogen and oxygen atoms in total. The van der Waals surface area contributed by atoms with Gasteiger partial charge in [-0.1, -0.05) is 232 Å². The summed E-state index contributed by atoms with van der Waals surface area (Å²) in [5, 5.41) is 42.1. The summed E-state index contributed by atoms with van der Waals surface area (Å²) in [6, 6.07) is 59.2. The molecule has 10 aromatic rings. The van der Waals surface area contributed by atoms with Crippen LogP contribution in [-0.4, -0.2) is 117 Å². The number of hydrogen-bond acceptors (Lipinski definition) is 20. The molecule has 5 atom stereocenters. The van der Waals surface area contributed by atoms with Gasteiger partial charge in [0, 0.05) is 58.1 Å². The second-order valence-corrected chi connectivity index (χ2v) is 32.6. The van der Waals surface area contributed by atoms with E-state index in [1.54, 1.807) is 0 Å². The summed E-state index contributed by atoms with van der Waals surface area (Å²) in [6.07, 6.45) is 30.0. The maximum Gasteiger partial charge on any atom is 0.233 e. The van der Waals surface area contributed by atoms with Crippen LogP contribution in [0.15, 0.2) is 182 Å². The molecule has 680 valence electrons. The Kier molecular flexibility index (Phi) is 53.1. The van der Waals surface area contributed by atoms with Gasteiger partial charge in [-0.25, -0.2) is 0 Å². The van der Waals surface area contributed by atoms with E-state index in [9.17, 15) is 0 Å². The largest absolute Gasteiger partial charge is 0.494 e. The summed E-state index contributed by atoms with van der Waals surface area (Å²) in [5.41, 5.74) is 9.32. The van der Waals surface area contributed by atoms with Crippen LogP contribution in [0.5, 0.6) is 58.1 Å². The molecule has 125 heavy (non-hydrogen) atoms. The van der Waals surface area contributed by atoms with Gasteiger partial charge in [0.25, 0.3) is 0 Å². The molecule has 0 aliphatic heterocycles. The first-order valence-electron chi connectivity index (χ1n) is 47.1. The fourth-order valence-electron chi connectivity index (χ4n) is 11.7. The van der Waals surface area contributed by atoms with E-state index in [2.05, 4.69) is 155 Å². The minimum Gasteiger partial charge on any atom is -0.494 e. The van der Waals surface area contributed by atoms with E-state index in [4.69, 9.17) is 47.4 Å². The van der Waals surface area contributed by atoms with E-state index in [0.717, 1.165) is 189 Å². The van der Waals surface area contributed by atoms with Crippen molar-refractivity contribution in [3.8, 4) is 114 Å². The highest BCUT2D eigenvalue weighted by molar-refractivity contribution is 5.63. The van der Waals surface area contributed by atoms with Gasteiger partial charge in [-0.3, -0.25) is 0 Å². The lowest BCUT2D eigenvalue weighted by atomic mass is 10.1. The quantitative estimate of drug-likeness (QED) is 0.0323. The highest BCUT2D eigenvalue weighted by Crippen LogP contribution is 2.29. The van der Waals surface area contributed by atoms with E-state index in [1.165, 1.54) is 89.9 Å². The van der Waals surface area contributed by atoms with Crippen LogP contribution in [0, 0.1) is 29.6 Å². The van der Waals surface area contributed by atoms with Gasteiger partial charge in [0.05, 0.1) is 94.5 Å². The molecule has 5 aromatic carbocycles. The third-order valence-corrected chi connectivity index (χ3v) is 21.3. The van der Waals surface area contributed by atoms with Crippen LogP contribution in [0.4, 0.5) is 0 Å². The van der Waals surface area contributed by atoms with Crippen molar-refractivity contribution in [3.63, 3.8) is 0 Å². The molecular weight excluding hydrogens is 1560 g/mol. The zero-order chi connectivity index (χ0) is 89.5. The SMILES string of the molecule is CCCCCCCCOc1ccc(-c2ccc(OCC(C)CC)nn2)cc1.CCCCCCCOc1ccc(-c2ccc(OCC(C)CC)nn2)cc1.CCCCCCOc1ccc(-c2ccc(OCC(C)CC)nn2)cc1.CCCCCOc1ccc(-c2ccc(OCC(C)CC)nn2)cc1.CCCCOc1ccc(-c2ccc(OCC(C)CC)nn2)cc1. The van der Waals surface area contributed by atoms with Crippen LogP contribution in [0.3, 0.4) is 0 Å². The van der Waals surface area contributed by atoms with Crippen molar-refractivity contribution in [3.05, 3.63) is 182 Å². The molecule has 0 fully saturated rings. The van der Waals surface area contributed by atoms with E-state index >= 15 is 0 Å². The fraction of sp³-hybridized carbons (Fsp3) is 0.524. The average molecular weight is 1710 g/mol. The molecule has 0 aliphatic rings. The molecule has 20 heteroatoms. The summed E-state index contributed by atoms with van der Waals surface area (Å²) >= 11 is 0. The van der Waals surface area contributed by atoms with Gasteiger partial charge < -0.3 is 47.4 Å². The number of nitrogens with zero attached hydrogens (tertiary/aromatic N) is 10. The van der Waals surface area contributed by atoms with Gasteiger partial charge in [-0.15, -0.1) is 51.0 Å². The van der Waals surface area contributed by atoms with Crippen LogP contribution in [-0.2, 0) is 0 Å². The molecule has 0 aliphatic carbocycles. The molecule has 0 N–H and O–H groups in total. The smallest absolute Gasteiger partial charge is 0.233 e. The second kappa shape index (κ2) is 64.3. The van der Waals surface area contributed by atoms with Crippen molar-refractivity contribution in [2.75, 3.05) is 66.1 Å². The van der Waals surface area contributed by atoms with E-state index in [1.807, 2.05) is 182 Å². The molecule has 5 unspecified atom stereocenters. The Hall–Kier alpha value is -10.5. The lowest BCUT2D eigenvalue weighted by Gasteiger charge is -2.10. The zero-order valence-electron chi connectivity index (χ0n) is 78.5. The van der Waals surface area contributed by atoms with Crippen molar-refractivity contribution < 1.29 is 47.4 Å². The normalized spacial score (nSPS) is 12.0. The van der Waals surface area contributed by atoms with Gasteiger partial charge in [0.2, 0.25) is 29.4 Å². The minimum absolute atomic E-state index is 0.523. The van der Waals surface area contributed by atoms with Crippen molar-refractivity contribution in [2.45, 2.75) is 264 Å². The number of benzene rings is 5. The molecule has 0 saturated carbocycles. The summed E-state index contributed by atoms with van der Waals surface area (Å²) in [7, 11) is 0. The summed E-state index contributed by atoms with van der Waals surface area (Å²) in [4.78, 5) is 0. The van der Waals surface area contributed by atoms with E-state index in [-0.39, 0.29) is 0 Å². The third-order valence-electron chi connectivity index (χ3n) is 21.3. The molecule has 0 saturated heterocycles. The van der Waals surface area contributed by atoms with Crippen LogP contribution in [0.25, 0.3) is 56.3 Å². The van der Waals surface area contributed by atoms with Crippen LogP contribution >= 0.6 is 0 Å². The number of ether oxygens (including phenoxy) is 10. The zero-order valence-corrected chi connectivity index (χ0v) is 78.5. The first-order chi connectivity index (χ1) is 61.1. The predicted octanol–water partition coefficient (Wildman–Crippen LogP) is 27.6. The van der Waals surface area contributed by atoms with Gasteiger partial charge in [-0.2, -0.15) is 0 Å². The summed E-state index contributed by atoms with van der Waals surface area (Å²) < 4.78 is 57.0. The van der Waals surface area contributed by atoms with Gasteiger partial charge >= 0.3 is 0 Å². The molecule has 0 spiro atoms. The van der Waals surface area contributed by atoms with Crippen molar-refractivity contribution >= 4 is 0 Å². The molecule has 0 bridgehead atoms. The molecular formula is C105H150N10O10. The van der Waals surface area contributed by atoms with Crippen molar-refractivity contribution in [2.24, 2.45) is 29.6 Å². The fourth-order valence-corrected chi connectivity index (χ4v) is 11.7. The molecule has 5 aromatic heterocycles. The highest BCUT2D eigenvalue weighted by atomic mass is 16.5. The maximum absolute atomic E-state index is 5.83. The monoisotopic (exact) mass is 1710 g/mol. The highest BCUT2D eigenvalue weighted by Gasteiger charge is 2.13. The number of hydrogen-bond donors (Lipinski definition) is 0. The Labute approximate surface area is 750 Å². The first kappa shape index (κ1) is 103. The summed E-state index contributed by atoms with van der Waals surface area (Å²) in [5.74, 6) is 10.0. The Morgan fingerprint density at radius 2 is 0.344 bits per heavy atom. The number of aromatic nitrogens is 10. The Bertz CT molecular complexity index is 4270. The first-order valence-corrected chi connectivity index (χ1v) is 47.1. The lowest BCUT2D eigenvalue weighted by molar-refractivity contribution is 0.245. The topological polar surface area (TPSA) is 221 Å². The maximum atomic E-state index is 5.83. The standard InChI is InChI=1S/C23H34N2O2.C22H32N2O2.C21H30N2O2.C20H28N2O2.C19H26N2O2/c1-4-6-7-8-9-10-17-26-21-13-11-20(12-14-21)22-15-16-23(25-24-22)27-18-19(3)5-2;1-4-6-7-8-9-16-25-20-12-10-19(11-13-20)21-14-15-22(24-23-21)26-17-18(3)5-2;1-4-6-7-8-15-24-19-11-9-18(10-12-19)20-13-14-21(23-22-20)25-16-17(3)5-2;1-4-6-7-14-23-18-10-8-17(9-11-18)19-12-13-20(22-21-19)24-15-16(3)5-2;1-4-6-13-22-17-9-7-16(8-10-17)18-11-12-19(21-20-18)23-14-15(3)5-2/h11-16,19H,4-10,17-18H2,1-3H3;10-15,18H,4-9,16-17H2,1-3H3;9-14,17H,4-8,15-16H2,1-3H3;8-13,16H,4-7,14-15H2,1-3H3;7-12,15H,4-6,13-14H2,1-3H3. The molecule has 10 rings (SSSR count). The van der Waals surface area contributed by atoms with Crippen LogP contribution in [0.1, 0.15) is 264 Å². The Morgan fingerprint density at radius 3 is 0.528 bits per heavy atom. The van der Waals surface area contributed by atoms with E-state index in [0.29, 0.717) is 92.0 Å². The lowest BCUT2D eigenvalue weighted by Crippen LogP contribution is -2.08. The average Bonchev–Trinajstić information content (AvgIpc) is 0.874. The van der Waals surface area contributed by atoms with E-state index < -0.39 is 0 Å². The second-order valence-electron chi connectivity index (χ2n) is 32.6. The Balaban J connectivity index is 0.000000242. The predicted molar refractivity (Wildman–Crippen MR) is 510 cm³/mol. The van der Waals surface area contributed by atoms with Crippen LogP contribution < -0.4 is 47.4 Å². The number of rotatable bonds is 55. The van der Waals surface area contributed by atoms with Gasteiger partial charge in [-0.05, 0) is 213 Å². The molecule has 0 amide bonds. The van der Waals surface area contributed by atoms with Crippen molar-refractivity contribution in [1.82, 2.24) is 51.0 Å². The van der Waals surface area contributed by atoms with Crippen LogP contribution in [0.2, 0.25) is 0 Å².